The minimum Gasteiger partial charge on any atom is -0.360 e. The molecule has 1 N–H and O–H groups in total. The number of halogens is 2. The highest BCUT2D eigenvalue weighted by Crippen LogP contribution is 2.19. The van der Waals surface area contributed by atoms with Crippen molar-refractivity contribution in [1.82, 2.24) is 20.2 Å². The van der Waals surface area contributed by atoms with Gasteiger partial charge in [0.15, 0.2) is 6.04 Å². The van der Waals surface area contributed by atoms with E-state index in [0.717, 1.165) is 43.3 Å². The Bertz CT molecular complexity index is 947. The van der Waals surface area contributed by atoms with Crippen LogP contribution in [0.2, 0.25) is 0 Å². The molecule has 2 heterocycles. The topological polar surface area (TPSA) is 51.3 Å². The van der Waals surface area contributed by atoms with E-state index >= 15 is 0 Å². The third kappa shape index (κ3) is 4.48. The van der Waals surface area contributed by atoms with Crippen molar-refractivity contribution in [3.8, 4) is 0 Å². The summed E-state index contributed by atoms with van der Waals surface area (Å²) in [4.78, 5) is 3.74. The monoisotopic (exact) mass is 413 g/mol. The van der Waals surface area contributed by atoms with E-state index < -0.39 is 0 Å². The Morgan fingerprint density at radius 1 is 0.933 bits per heavy atom. The quantitative estimate of drug-likeness (QED) is 0.673. The minimum atomic E-state index is -0.251. The lowest BCUT2D eigenvalue weighted by Gasteiger charge is -2.38. The van der Waals surface area contributed by atoms with Crippen LogP contribution in [0.3, 0.4) is 0 Å². The summed E-state index contributed by atoms with van der Waals surface area (Å²) in [6.07, 6.45) is 0. The Morgan fingerprint density at radius 2 is 1.53 bits per heavy atom. The number of nitrogens with one attached hydrogen (secondary N) is 1. The first-order valence-electron chi connectivity index (χ1n) is 10.4. The van der Waals surface area contributed by atoms with E-state index in [-0.39, 0.29) is 17.7 Å². The van der Waals surface area contributed by atoms with Crippen LogP contribution in [-0.4, -0.2) is 46.4 Å². The second-order valence-corrected chi connectivity index (χ2v) is 8.16. The van der Waals surface area contributed by atoms with Crippen LogP contribution in [0.5, 0.6) is 0 Å². The van der Waals surface area contributed by atoms with Gasteiger partial charge in [-0.2, -0.15) is 0 Å². The molecular weight excluding hydrogens is 386 g/mol. The molecule has 4 rings (SSSR count). The number of piperazine rings is 1. The Morgan fingerprint density at radius 3 is 2.13 bits per heavy atom. The summed E-state index contributed by atoms with van der Waals surface area (Å²) in [6, 6.07) is 13.3. The minimum absolute atomic E-state index is 0.163. The molecule has 0 amide bonds. The Kier molecular flexibility index (Phi) is 6.03. The average Bonchev–Trinajstić information content (AvgIpc) is 3.18. The maximum absolute atomic E-state index is 13.2. The van der Waals surface area contributed by atoms with E-state index in [1.54, 1.807) is 12.1 Å². The molecule has 0 bridgehead atoms. The molecule has 1 aliphatic heterocycles. The van der Waals surface area contributed by atoms with Gasteiger partial charge in [0.2, 0.25) is 5.82 Å². The zero-order chi connectivity index (χ0) is 21.1. The number of hydrogen-bond acceptors (Lipinski definition) is 4. The number of hydrogen-bond donors (Lipinski definition) is 1. The lowest BCUT2D eigenvalue weighted by Crippen LogP contribution is -3.15. The van der Waals surface area contributed by atoms with Crippen LogP contribution >= 0.6 is 0 Å². The van der Waals surface area contributed by atoms with Crippen molar-refractivity contribution in [3.63, 3.8) is 0 Å². The third-order valence-corrected chi connectivity index (χ3v) is 5.79. The number of benzene rings is 2. The molecule has 1 atom stereocenters. The number of nitrogens with zero attached hydrogens (tertiary/aromatic N) is 5. The van der Waals surface area contributed by atoms with Crippen LogP contribution in [0.25, 0.3) is 0 Å². The van der Waals surface area contributed by atoms with Crippen molar-refractivity contribution in [1.29, 1.82) is 0 Å². The zero-order valence-electron chi connectivity index (χ0n) is 17.3. The lowest BCUT2D eigenvalue weighted by atomic mass is 10.0. The molecule has 3 aromatic rings. The molecule has 0 radical (unpaired) electrons. The molecule has 1 aliphatic rings. The van der Waals surface area contributed by atoms with Gasteiger partial charge in [0.25, 0.3) is 0 Å². The maximum Gasteiger partial charge on any atom is 0.209 e. The summed E-state index contributed by atoms with van der Waals surface area (Å²) >= 11 is 0. The fraction of sp³-hybridized carbons (Fsp3) is 0.409. The van der Waals surface area contributed by atoms with Gasteiger partial charge in [0.1, 0.15) is 11.6 Å². The molecule has 158 valence electrons. The van der Waals surface area contributed by atoms with Crippen LogP contribution < -0.4 is 9.80 Å². The molecule has 0 spiro atoms. The Labute approximate surface area is 175 Å². The van der Waals surface area contributed by atoms with Crippen molar-refractivity contribution >= 4 is 5.69 Å². The van der Waals surface area contributed by atoms with Gasteiger partial charge >= 0.3 is 0 Å². The molecule has 0 saturated carbocycles. The second-order valence-electron chi connectivity index (χ2n) is 8.16. The van der Waals surface area contributed by atoms with Crippen LogP contribution in [0.4, 0.5) is 14.5 Å². The summed E-state index contributed by atoms with van der Waals surface area (Å²) in [6.45, 7) is 8.59. The summed E-state index contributed by atoms with van der Waals surface area (Å²) < 4.78 is 28.3. The first-order valence-corrected chi connectivity index (χ1v) is 10.4. The standard InChI is InChI=1S/C22H26F2N6/c1-16(2)21(22-25-26-27-30(22)15-17-3-5-18(23)6-4-17)29-13-11-28(12-14-29)20-9-7-19(24)8-10-20/h3-10,16,21H,11-15H2,1-2H3/p+1/t21-/m0/s1. The number of rotatable bonds is 6. The first kappa shape index (κ1) is 20.4. The average molecular weight is 413 g/mol. The van der Waals surface area contributed by atoms with Gasteiger partial charge in [-0.05, 0) is 52.4 Å². The van der Waals surface area contributed by atoms with Crippen LogP contribution in [0.1, 0.15) is 31.3 Å². The number of quaternary nitrogens is 1. The fourth-order valence-corrected chi connectivity index (χ4v) is 4.28. The smallest absolute Gasteiger partial charge is 0.209 e. The molecule has 8 heteroatoms. The zero-order valence-corrected chi connectivity index (χ0v) is 17.3. The highest BCUT2D eigenvalue weighted by atomic mass is 19.1. The van der Waals surface area contributed by atoms with Gasteiger partial charge in [0, 0.05) is 11.6 Å². The summed E-state index contributed by atoms with van der Waals surface area (Å²) in [7, 11) is 0. The van der Waals surface area contributed by atoms with E-state index in [2.05, 4.69) is 34.3 Å². The van der Waals surface area contributed by atoms with Crippen LogP contribution in [-0.2, 0) is 6.54 Å². The predicted molar refractivity (Wildman–Crippen MR) is 110 cm³/mol. The van der Waals surface area contributed by atoms with Crippen molar-refractivity contribution in [3.05, 3.63) is 71.6 Å². The van der Waals surface area contributed by atoms with Crippen molar-refractivity contribution in [2.75, 3.05) is 31.1 Å². The lowest BCUT2D eigenvalue weighted by molar-refractivity contribution is -0.937. The third-order valence-electron chi connectivity index (χ3n) is 5.79. The molecule has 0 unspecified atom stereocenters. The van der Waals surface area contributed by atoms with Crippen LogP contribution in [0.15, 0.2) is 48.5 Å². The Hall–Kier alpha value is -2.87. The van der Waals surface area contributed by atoms with Crippen molar-refractivity contribution < 1.29 is 13.7 Å². The number of aromatic nitrogens is 4. The molecule has 1 saturated heterocycles. The highest BCUT2D eigenvalue weighted by molar-refractivity contribution is 5.46. The fourth-order valence-electron chi connectivity index (χ4n) is 4.28. The van der Waals surface area contributed by atoms with Gasteiger partial charge in [-0.1, -0.05) is 26.0 Å². The van der Waals surface area contributed by atoms with E-state index in [4.69, 9.17) is 0 Å². The van der Waals surface area contributed by atoms with E-state index in [1.807, 2.05) is 16.8 Å². The van der Waals surface area contributed by atoms with Gasteiger partial charge in [-0.25, -0.2) is 13.5 Å². The molecule has 30 heavy (non-hydrogen) atoms. The molecule has 1 fully saturated rings. The van der Waals surface area contributed by atoms with E-state index in [1.165, 1.54) is 29.2 Å². The number of anilines is 1. The summed E-state index contributed by atoms with van der Waals surface area (Å²) in [5.74, 6) is 0.755. The molecule has 6 nitrogen and oxygen atoms in total. The molecule has 1 aromatic heterocycles. The largest absolute Gasteiger partial charge is 0.360 e. The summed E-state index contributed by atoms with van der Waals surface area (Å²) in [5, 5.41) is 12.5. The van der Waals surface area contributed by atoms with Gasteiger partial charge in [-0.3, -0.25) is 0 Å². The van der Waals surface area contributed by atoms with E-state index in [9.17, 15) is 8.78 Å². The van der Waals surface area contributed by atoms with Crippen molar-refractivity contribution in [2.45, 2.75) is 26.4 Å². The SMILES string of the molecule is CC(C)[C@@H](c1nnnn1Cc1ccc(F)cc1)[NH+]1CCN(c2ccc(F)cc2)CC1. The van der Waals surface area contributed by atoms with E-state index in [0.29, 0.717) is 12.5 Å². The van der Waals surface area contributed by atoms with Gasteiger partial charge in [-0.15, -0.1) is 5.10 Å². The summed E-state index contributed by atoms with van der Waals surface area (Å²) in [5.41, 5.74) is 2.02. The van der Waals surface area contributed by atoms with Crippen molar-refractivity contribution in [2.24, 2.45) is 5.92 Å². The molecule has 2 aromatic carbocycles. The van der Waals surface area contributed by atoms with Gasteiger partial charge < -0.3 is 9.80 Å². The predicted octanol–water partition coefficient (Wildman–Crippen LogP) is 2.10. The highest BCUT2D eigenvalue weighted by Gasteiger charge is 2.35. The van der Waals surface area contributed by atoms with Crippen LogP contribution in [0, 0.1) is 17.6 Å². The molecular formula is C22H27F2N6+. The second kappa shape index (κ2) is 8.87. The first-order chi connectivity index (χ1) is 14.5. The molecule has 0 aliphatic carbocycles. The van der Waals surface area contributed by atoms with Gasteiger partial charge in [0.05, 0.1) is 32.7 Å². The normalized spacial score (nSPS) is 16.2. The maximum atomic E-state index is 13.2. The Balaban J connectivity index is 1.48. The number of tetrazole rings is 1.